The lowest BCUT2D eigenvalue weighted by Gasteiger charge is -2.17. The van der Waals surface area contributed by atoms with Crippen molar-refractivity contribution in [2.24, 2.45) is 5.92 Å². The van der Waals surface area contributed by atoms with Crippen molar-refractivity contribution in [3.8, 4) is 0 Å². The van der Waals surface area contributed by atoms with Crippen LogP contribution in [0.4, 0.5) is 10.1 Å². The van der Waals surface area contributed by atoms with E-state index in [4.69, 9.17) is 0 Å². The summed E-state index contributed by atoms with van der Waals surface area (Å²) >= 11 is 0. The van der Waals surface area contributed by atoms with E-state index >= 15 is 0 Å². The Bertz CT molecular complexity index is 301. The SMILES string of the molecule is CC1CCN(c2cncc(F)c2)C1. The van der Waals surface area contributed by atoms with Gasteiger partial charge in [0.05, 0.1) is 18.1 Å². The summed E-state index contributed by atoms with van der Waals surface area (Å²) in [4.78, 5) is 6.02. The highest BCUT2D eigenvalue weighted by atomic mass is 19.1. The van der Waals surface area contributed by atoms with Gasteiger partial charge in [-0.2, -0.15) is 0 Å². The van der Waals surface area contributed by atoms with E-state index in [1.165, 1.54) is 12.6 Å². The molecule has 0 aliphatic carbocycles. The highest BCUT2D eigenvalue weighted by Crippen LogP contribution is 2.22. The first-order chi connectivity index (χ1) is 6.25. The minimum absolute atomic E-state index is 0.253. The van der Waals surface area contributed by atoms with E-state index < -0.39 is 0 Å². The Morgan fingerprint density at radius 2 is 2.38 bits per heavy atom. The van der Waals surface area contributed by atoms with Crippen LogP contribution in [0.15, 0.2) is 18.5 Å². The predicted octanol–water partition coefficient (Wildman–Crippen LogP) is 2.07. The fourth-order valence-electron chi connectivity index (χ4n) is 1.74. The fourth-order valence-corrected chi connectivity index (χ4v) is 1.74. The van der Waals surface area contributed by atoms with Gasteiger partial charge in [0.2, 0.25) is 0 Å². The predicted molar refractivity (Wildman–Crippen MR) is 50.2 cm³/mol. The second-order valence-corrected chi connectivity index (χ2v) is 3.70. The molecule has 3 heteroatoms. The van der Waals surface area contributed by atoms with Gasteiger partial charge in [0.15, 0.2) is 0 Å². The maximum Gasteiger partial charge on any atom is 0.143 e. The zero-order valence-corrected chi connectivity index (χ0v) is 7.70. The Morgan fingerprint density at radius 3 is 3.00 bits per heavy atom. The first-order valence-electron chi connectivity index (χ1n) is 4.61. The molecule has 0 radical (unpaired) electrons. The number of hydrogen-bond acceptors (Lipinski definition) is 2. The van der Waals surface area contributed by atoms with E-state index in [1.807, 2.05) is 0 Å². The number of anilines is 1. The van der Waals surface area contributed by atoms with E-state index in [0.29, 0.717) is 5.92 Å². The van der Waals surface area contributed by atoms with E-state index in [-0.39, 0.29) is 5.82 Å². The number of halogens is 1. The summed E-state index contributed by atoms with van der Waals surface area (Å²) in [5.74, 6) is 0.459. The van der Waals surface area contributed by atoms with E-state index in [2.05, 4.69) is 16.8 Å². The molecule has 70 valence electrons. The van der Waals surface area contributed by atoms with Crippen molar-refractivity contribution in [2.45, 2.75) is 13.3 Å². The molecule has 0 N–H and O–H groups in total. The number of rotatable bonds is 1. The molecule has 1 aliphatic rings. The minimum Gasteiger partial charge on any atom is -0.370 e. The van der Waals surface area contributed by atoms with Crippen LogP contribution in [0.5, 0.6) is 0 Å². The van der Waals surface area contributed by atoms with Crippen molar-refractivity contribution < 1.29 is 4.39 Å². The fraction of sp³-hybridized carbons (Fsp3) is 0.500. The summed E-state index contributed by atoms with van der Waals surface area (Å²) in [7, 11) is 0. The average Bonchev–Trinajstić information content (AvgIpc) is 2.52. The quantitative estimate of drug-likeness (QED) is 0.657. The van der Waals surface area contributed by atoms with Crippen LogP contribution in [0, 0.1) is 11.7 Å². The molecule has 0 bridgehead atoms. The molecule has 2 rings (SSSR count). The monoisotopic (exact) mass is 180 g/mol. The molecule has 2 nitrogen and oxygen atoms in total. The van der Waals surface area contributed by atoms with Crippen molar-refractivity contribution in [1.29, 1.82) is 0 Å². The van der Waals surface area contributed by atoms with Crippen LogP contribution in [0.1, 0.15) is 13.3 Å². The molecule has 0 aromatic carbocycles. The van der Waals surface area contributed by atoms with E-state index in [0.717, 1.165) is 18.8 Å². The van der Waals surface area contributed by atoms with Gasteiger partial charge in [0.1, 0.15) is 5.82 Å². The van der Waals surface area contributed by atoms with Gasteiger partial charge in [-0.25, -0.2) is 4.39 Å². The maximum atomic E-state index is 12.8. The third-order valence-corrected chi connectivity index (χ3v) is 2.48. The lowest BCUT2D eigenvalue weighted by molar-refractivity contribution is 0.620. The van der Waals surface area contributed by atoms with Crippen molar-refractivity contribution in [1.82, 2.24) is 4.98 Å². The Morgan fingerprint density at radius 1 is 1.54 bits per heavy atom. The molecule has 2 heterocycles. The summed E-state index contributed by atoms with van der Waals surface area (Å²) in [6.07, 6.45) is 4.15. The maximum absolute atomic E-state index is 12.8. The molecule has 0 spiro atoms. The van der Waals surface area contributed by atoms with E-state index in [1.54, 1.807) is 12.3 Å². The summed E-state index contributed by atoms with van der Waals surface area (Å²) in [6.45, 7) is 4.25. The van der Waals surface area contributed by atoms with Gasteiger partial charge in [-0.15, -0.1) is 0 Å². The topological polar surface area (TPSA) is 16.1 Å². The van der Waals surface area contributed by atoms with Crippen LogP contribution >= 0.6 is 0 Å². The largest absolute Gasteiger partial charge is 0.370 e. The van der Waals surface area contributed by atoms with Crippen LogP contribution in [-0.4, -0.2) is 18.1 Å². The van der Waals surface area contributed by atoms with Gasteiger partial charge in [-0.3, -0.25) is 4.98 Å². The van der Waals surface area contributed by atoms with Gasteiger partial charge >= 0.3 is 0 Å². The second-order valence-electron chi connectivity index (χ2n) is 3.70. The molecule has 13 heavy (non-hydrogen) atoms. The highest BCUT2D eigenvalue weighted by Gasteiger charge is 2.19. The minimum atomic E-state index is -0.253. The Balaban J connectivity index is 2.16. The standard InChI is InChI=1S/C10H13FN2/c1-8-2-3-13(7-8)10-4-9(11)5-12-6-10/h4-6,8H,2-3,7H2,1H3. The number of pyridine rings is 1. The van der Waals surface area contributed by atoms with Gasteiger partial charge < -0.3 is 4.90 Å². The van der Waals surface area contributed by atoms with Gasteiger partial charge in [0.25, 0.3) is 0 Å². The van der Waals surface area contributed by atoms with Crippen LogP contribution in [-0.2, 0) is 0 Å². The van der Waals surface area contributed by atoms with Gasteiger partial charge in [0, 0.05) is 19.2 Å². The van der Waals surface area contributed by atoms with Crippen LogP contribution < -0.4 is 4.90 Å². The summed E-state index contributed by atoms with van der Waals surface area (Å²) in [6, 6.07) is 1.55. The first-order valence-corrected chi connectivity index (χ1v) is 4.61. The van der Waals surface area contributed by atoms with Crippen LogP contribution in [0.25, 0.3) is 0 Å². The zero-order valence-electron chi connectivity index (χ0n) is 7.70. The molecule has 1 aliphatic heterocycles. The number of hydrogen-bond donors (Lipinski definition) is 0. The van der Waals surface area contributed by atoms with Gasteiger partial charge in [-0.1, -0.05) is 6.92 Å². The molecule has 1 unspecified atom stereocenters. The van der Waals surface area contributed by atoms with Crippen molar-refractivity contribution in [2.75, 3.05) is 18.0 Å². The summed E-state index contributed by atoms with van der Waals surface area (Å²) in [5.41, 5.74) is 0.907. The lowest BCUT2D eigenvalue weighted by Crippen LogP contribution is -2.19. The molecular formula is C10H13FN2. The Labute approximate surface area is 77.4 Å². The Kier molecular flexibility index (Phi) is 2.17. The molecule has 0 saturated carbocycles. The second kappa shape index (κ2) is 3.32. The van der Waals surface area contributed by atoms with Crippen molar-refractivity contribution in [3.05, 3.63) is 24.3 Å². The highest BCUT2D eigenvalue weighted by molar-refractivity contribution is 5.44. The summed E-state index contributed by atoms with van der Waals surface area (Å²) < 4.78 is 12.8. The van der Waals surface area contributed by atoms with Crippen molar-refractivity contribution in [3.63, 3.8) is 0 Å². The molecule has 1 saturated heterocycles. The molecule has 1 atom stereocenters. The Hall–Kier alpha value is -1.12. The van der Waals surface area contributed by atoms with Gasteiger partial charge in [-0.05, 0) is 12.3 Å². The molecule has 1 aromatic heterocycles. The number of aromatic nitrogens is 1. The molecule has 1 fully saturated rings. The normalized spacial score (nSPS) is 22.3. The third kappa shape index (κ3) is 1.79. The number of nitrogens with zero attached hydrogens (tertiary/aromatic N) is 2. The molecule has 0 amide bonds. The first kappa shape index (κ1) is 8.48. The van der Waals surface area contributed by atoms with E-state index in [9.17, 15) is 4.39 Å². The average molecular weight is 180 g/mol. The van der Waals surface area contributed by atoms with Crippen molar-refractivity contribution >= 4 is 5.69 Å². The zero-order chi connectivity index (χ0) is 9.26. The third-order valence-electron chi connectivity index (χ3n) is 2.48. The van der Waals surface area contributed by atoms with Crippen LogP contribution in [0.3, 0.4) is 0 Å². The molecule has 1 aromatic rings. The smallest absolute Gasteiger partial charge is 0.143 e. The lowest BCUT2D eigenvalue weighted by atomic mass is 10.2. The molecular weight excluding hydrogens is 167 g/mol. The summed E-state index contributed by atoms with van der Waals surface area (Å²) in [5, 5.41) is 0. The van der Waals surface area contributed by atoms with Crippen LogP contribution in [0.2, 0.25) is 0 Å².